The van der Waals surface area contributed by atoms with E-state index in [1.165, 1.54) is 7.11 Å². The van der Waals surface area contributed by atoms with Crippen LogP contribution in [0.5, 0.6) is 11.5 Å². The lowest BCUT2D eigenvalue weighted by atomic mass is 10.0. The number of hydrogen-bond acceptors (Lipinski definition) is 4. The van der Waals surface area contributed by atoms with Gasteiger partial charge >= 0.3 is 5.97 Å². The first-order valence-electron chi connectivity index (χ1n) is 9.33. The number of benzene rings is 1. The highest BCUT2D eigenvalue weighted by Gasteiger charge is 2.09. The summed E-state index contributed by atoms with van der Waals surface area (Å²) in [4.78, 5) is 11.3. The van der Waals surface area contributed by atoms with Gasteiger partial charge < -0.3 is 14.9 Å². The number of methoxy groups -OCH3 is 1. The number of phenolic OH excluding ortho intramolecular Hbond substituents is 2. The summed E-state index contributed by atoms with van der Waals surface area (Å²) in [5.41, 5.74) is 3.28. The highest BCUT2D eigenvalue weighted by atomic mass is 16.5. The van der Waals surface area contributed by atoms with Crippen molar-refractivity contribution in [2.75, 3.05) is 7.11 Å². The van der Waals surface area contributed by atoms with Crippen LogP contribution in [0.1, 0.15) is 64.0 Å². The zero-order valence-electron chi connectivity index (χ0n) is 16.5. The number of esters is 1. The van der Waals surface area contributed by atoms with E-state index in [0.717, 1.165) is 49.7 Å². The molecule has 4 heteroatoms. The van der Waals surface area contributed by atoms with E-state index in [4.69, 9.17) is 0 Å². The largest absolute Gasteiger partial charge is 0.508 e. The molecule has 0 saturated heterocycles. The van der Waals surface area contributed by atoms with E-state index in [0.29, 0.717) is 17.6 Å². The first-order valence-corrected chi connectivity index (χ1v) is 9.33. The number of allylic oxidation sites excluding steroid dienone is 3. The van der Waals surface area contributed by atoms with E-state index in [-0.39, 0.29) is 17.5 Å². The van der Waals surface area contributed by atoms with Gasteiger partial charge in [0.15, 0.2) is 0 Å². The van der Waals surface area contributed by atoms with E-state index in [2.05, 4.69) is 11.7 Å². The zero-order chi connectivity index (χ0) is 19.5. The highest BCUT2D eigenvalue weighted by Crippen LogP contribution is 2.30. The van der Waals surface area contributed by atoms with Crippen molar-refractivity contribution in [2.24, 2.45) is 0 Å². The molecule has 1 aromatic rings. The summed E-state index contributed by atoms with van der Waals surface area (Å²) < 4.78 is 4.66. The number of hydrogen-bond donors (Lipinski definition) is 2. The molecule has 0 spiro atoms. The third-order valence-electron chi connectivity index (χ3n) is 4.48. The molecule has 26 heavy (non-hydrogen) atoms. The minimum atomic E-state index is -0.305. The highest BCUT2D eigenvalue weighted by molar-refractivity contribution is 5.87. The van der Waals surface area contributed by atoms with Crippen LogP contribution in [-0.4, -0.2) is 23.3 Å². The Morgan fingerprint density at radius 3 is 2.35 bits per heavy atom. The second-order valence-electron chi connectivity index (χ2n) is 6.74. The lowest BCUT2D eigenvalue weighted by Gasteiger charge is -2.09. The molecule has 0 aliphatic rings. The number of ether oxygens (including phenoxy) is 1. The van der Waals surface area contributed by atoms with Crippen molar-refractivity contribution >= 4 is 5.97 Å². The summed E-state index contributed by atoms with van der Waals surface area (Å²) in [6.45, 7) is 5.90. The van der Waals surface area contributed by atoms with Gasteiger partial charge in [-0.05, 0) is 63.6 Å². The van der Waals surface area contributed by atoms with Gasteiger partial charge in [-0.3, -0.25) is 0 Å². The van der Waals surface area contributed by atoms with Gasteiger partial charge in [-0.25, -0.2) is 4.79 Å². The minimum Gasteiger partial charge on any atom is -0.508 e. The molecule has 0 aliphatic heterocycles. The molecule has 0 bridgehead atoms. The van der Waals surface area contributed by atoms with Crippen LogP contribution in [0.3, 0.4) is 0 Å². The second-order valence-corrected chi connectivity index (χ2v) is 6.74. The van der Waals surface area contributed by atoms with Crippen molar-refractivity contribution in [1.29, 1.82) is 0 Å². The summed E-state index contributed by atoms with van der Waals surface area (Å²) in [6, 6.07) is 3.52. The van der Waals surface area contributed by atoms with Crippen LogP contribution in [0.2, 0.25) is 0 Å². The van der Waals surface area contributed by atoms with Crippen molar-refractivity contribution in [2.45, 2.75) is 65.7 Å². The third-order valence-corrected chi connectivity index (χ3v) is 4.48. The number of aromatic hydroxyl groups is 2. The van der Waals surface area contributed by atoms with Gasteiger partial charge in [0.2, 0.25) is 0 Å². The number of carbonyl (C=O) groups excluding carboxylic acids is 1. The Morgan fingerprint density at radius 2 is 1.77 bits per heavy atom. The van der Waals surface area contributed by atoms with Crippen LogP contribution in [0.4, 0.5) is 0 Å². The summed E-state index contributed by atoms with van der Waals surface area (Å²) in [5.74, 6) is 0.00413. The molecule has 0 fully saturated rings. The molecule has 144 valence electrons. The summed E-state index contributed by atoms with van der Waals surface area (Å²) in [6.07, 6.45) is 10.1. The van der Waals surface area contributed by atoms with Crippen LogP contribution >= 0.6 is 0 Å². The predicted molar refractivity (Wildman–Crippen MR) is 105 cm³/mol. The van der Waals surface area contributed by atoms with Gasteiger partial charge in [0.1, 0.15) is 11.5 Å². The summed E-state index contributed by atoms with van der Waals surface area (Å²) in [5, 5.41) is 20.5. The minimum absolute atomic E-state index is 0.155. The monoisotopic (exact) mass is 360 g/mol. The molecular formula is C22H32O4. The van der Waals surface area contributed by atoms with Crippen LogP contribution in [0, 0.1) is 0 Å². The van der Waals surface area contributed by atoms with Gasteiger partial charge in [0, 0.05) is 11.1 Å². The quantitative estimate of drug-likeness (QED) is 0.260. The van der Waals surface area contributed by atoms with Crippen molar-refractivity contribution < 1.29 is 19.7 Å². The smallest absolute Gasteiger partial charge is 0.333 e. The Kier molecular flexibility index (Phi) is 9.56. The Hall–Kier alpha value is -2.23. The van der Waals surface area contributed by atoms with Crippen molar-refractivity contribution in [3.63, 3.8) is 0 Å². The van der Waals surface area contributed by atoms with Gasteiger partial charge in [0.25, 0.3) is 0 Å². The maximum Gasteiger partial charge on any atom is 0.333 e. The number of rotatable bonds is 10. The Labute approximate surface area is 157 Å². The average molecular weight is 360 g/mol. The maximum atomic E-state index is 11.3. The zero-order valence-corrected chi connectivity index (χ0v) is 16.5. The molecule has 1 aromatic carbocycles. The van der Waals surface area contributed by atoms with E-state index < -0.39 is 0 Å². The van der Waals surface area contributed by atoms with E-state index in [1.54, 1.807) is 19.1 Å². The van der Waals surface area contributed by atoms with E-state index >= 15 is 0 Å². The van der Waals surface area contributed by atoms with Gasteiger partial charge in [-0.2, -0.15) is 0 Å². The molecule has 0 aliphatic carbocycles. The lowest BCUT2D eigenvalue weighted by Crippen LogP contribution is -2.01. The number of carbonyl (C=O) groups is 1. The van der Waals surface area contributed by atoms with Gasteiger partial charge in [-0.1, -0.05) is 37.5 Å². The number of aryl methyl sites for hydroxylation is 1. The molecule has 0 aromatic heterocycles. The Morgan fingerprint density at radius 1 is 1.12 bits per heavy atom. The summed E-state index contributed by atoms with van der Waals surface area (Å²) in [7, 11) is 1.37. The first-order chi connectivity index (χ1) is 12.4. The molecule has 0 atom stereocenters. The standard InChI is InChI=1S/C22H32O4/c1-5-6-7-11-18-14-20(23)19(21(24)15-18)13-12-16(2)9-8-10-17(3)22(25)26-4/h10,12,14-15,23-24H,5-9,11,13H2,1-4H3/b16-12+,17-10+. The molecule has 0 amide bonds. The molecule has 0 unspecified atom stereocenters. The van der Waals surface area contributed by atoms with Gasteiger partial charge in [0.05, 0.1) is 7.11 Å². The molecule has 1 rings (SSSR count). The Bertz CT molecular complexity index is 633. The summed E-state index contributed by atoms with van der Waals surface area (Å²) >= 11 is 0. The van der Waals surface area contributed by atoms with Crippen molar-refractivity contribution in [3.8, 4) is 11.5 Å². The average Bonchev–Trinajstić information content (AvgIpc) is 2.60. The molecule has 0 heterocycles. The lowest BCUT2D eigenvalue weighted by molar-refractivity contribution is -0.136. The van der Waals surface area contributed by atoms with Crippen LogP contribution in [0.25, 0.3) is 0 Å². The molecular weight excluding hydrogens is 328 g/mol. The second kappa shape index (κ2) is 11.4. The van der Waals surface area contributed by atoms with Crippen molar-refractivity contribution in [1.82, 2.24) is 0 Å². The fourth-order valence-electron chi connectivity index (χ4n) is 2.77. The van der Waals surface area contributed by atoms with Crippen LogP contribution in [-0.2, 0) is 22.4 Å². The number of unbranched alkanes of at least 4 members (excludes halogenated alkanes) is 2. The topological polar surface area (TPSA) is 66.8 Å². The molecule has 2 N–H and O–H groups in total. The molecule has 4 nitrogen and oxygen atoms in total. The fourth-order valence-corrected chi connectivity index (χ4v) is 2.77. The van der Waals surface area contributed by atoms with Crippen molar-refractivity contribution in [3.05, 3.63) is 46.6 Å². The SMILES string of the molecule is CCCCCc1cc(O)c(C/C=C(\C)CC/C=C(\C)C(=O)OC)c(O)c1. The number of phenols is 2. The Balaban J connectivity index is 2.64. The fraction of sp³-hybridized carbons (Fsp3) is 0.500. The van der Waals surface area contributed by atoms with E-state index in [1.807, 2.05) is 19.1 Å². The van der Waals surface area contributed by atoms with Gasteiger partial charge in [-0.15, -0.1) is 0 Å². The maximum absolute atomic E-state index is 11.3. The first kappa shape index (κ1) is 21.8. The molecule has 0 saturated carbocycles. The van der Waals surface area contributed by atoms with Crippen LogP contribution < -0.4 is 0 Å². The normalized spacial score (nSPS) is 12.3. The molecule has 0 radical (unpaired) electrons. The van der Waals surface area contributed by atoms with E-state index in [9.17, 15) is 15.0 Å². The van der Waals surface area contributed by atoms with Crippen LogP contribution in [0.15, 0.2) is 35.4 Å². The third kappa shape index (κ3) is 7.34. The predicted octanol–water partition coefficient (Wildman–Crippen LogP) is 5.22.